The predicted molar refractivity (Wildman–Crippen MR) is 78.0 cm³/mol. The lowest BCUT2D eigenvalue weighted by Gasteiger charge is -2.08. The monoisotopic (exact) mass is 257 g/mol. The quantitative estimate of drug-likeness (QED) is 0.745. The van der Waals surface area contributed by atoms with Crippen molar-refractivity contribution >= 4 is 11.4 Å². The van der Waals surface area contributed by atoms with Crippen LogP contribution < -0.4 is 10.1 Å². The van der Waals surface area contributed by atoms with E-state index < -0.39 is 0 Å². The average molecular weight is 257 g/mol. The first kappa shape index (κ1) is 13.4. The van der Waals surface area contributed by atoms with Crippen molar-refractivity contribution < 1.29 is 9.84 Å². The fourth-order valence-corrected chi connectivity index (χ4v) is 1.73. The van der Waals surface area contributed by atoms with Gasteiger partial charge in [-0.15, -0.1) is 0 Å². The maximum Gasteiger partial charge on any atom is 0.119 e. The van der Waals surface area contributed by atoms with Crippen LogP contribution in [-0.4, -0.2) is 18.3 Å². The van der Waals surface area contributed by atoms with Crippen molar-refractivity contribution in [3.63, 3.8) is 0 Å². The van der Waals surface area contributed by atoms with E-state index in [9.17, 15) is 0 Å². The molecule has 2 aromatic rings. The maximum atomic E-state index is 8.68. The molecule has 0 aliphatic carbocycles. The highest BCUT2D eigenvalue weighted by molar-refractivity contribution is 5.59. The molecule has 3 nitrogen and oxygen atoms in total. The van der Waals surface area contributed by atoms with E-state index in [0.717, 1.165) is 30.0 Å². The number of unbranched alkanes of at least 4 members (excludes halogenated alkanes) is 1. The number of para-hydroxylation sites is 1. The van der Waals surface area contributed by atoms with Crippen LogP contribution in [0.5, 0.6) is 5.75 Å². The molecule has 3 heteroatoms. The molecule has 0 saturated heterocycles. The number of aliphatic hydroxyl groups is 1. The van der Waals surface area contributed by atoms with E-state index in [4.69, 9.17) is 9.84 Å². The summed E-state index contributed by atoms with van der Waals surface area (Å²) in [7, 11) is 0. The van der Waals surface area contributed by atoms with Crippen LogP contribution in [0.4, 0.5) is 11.4 Å². The van der Waals surface area contributed by atoms with Crippen LogP contribution in [0.2, 0.25) is 0 Å². The molecular formula is C16H19NO2. The molecule has 0 atom stereocenters. The number of hydrogen-bond donors (Lipinski definition) is 2. The number of benzene rings is 2. The minimum Gasteiger partial charge on any atom is -0.494 e. The Kier molecular flexibility index (Phi) is 5.26. The van der Waals surface area contributed by atoms with Crippen LogP contribution >= 0.6 is 0 Å². The van der Waals surface area contributed by atoms with E-state index in [1.807, 2.05) is 54.6 Å². The van der Waals surface area contributed by atoms with Crippen LogP contribution in [0.3, 0.4) is 0 Å². The van der Waals surface area contributed by atoms with Crippen LogP contribution in [0.15, 0.2) is 54.6 Å². The standard InChI is InChI=1S/C16H19NO2/c18-12-4-5-13-19-16-10-8-15(9-11-16)17-14-6-2-1-3-7-14/h1-3,6-11,17-18H,4-5,12-13H2. The van der Waals surface area contributed by atoms with E-state index >= 15 is 0 Å². The van der Waals surface area contributed by atoms with Gasteiger partial charge in [-0.2, -0.15) is 0 Å². The van der Waals surface area contributed by atoms with Crippen molar-refractivity contribution in [2.75, 3.05) is 18.5 Å². The summed E-state index contributed by atoms with van der Waals surface area (Å²) < 4.78 is 5.57. The van der Waals surface area contributed by atoms with Crippen molar-refractivity contribution in [1.82, 2.24) is 0 Å². The SMILES string of the molecule is OCCCCOc1ccc(Nc2ccccc2)cc1. The largest absolute Gasteiger partial charge is 0.494 e. The average Bonchev–Trinajstić information content (AvgIpc) is 2.46. The fourth-order valence-electron chi connectivity index (χ4n) is 1.73. The molecule has 0 heterocycles. The second-order valence-electron chi connectivity index (χ2n) is 4.29. The van der Waals surface area contributed by atoms with Crippen LogP contribution in [0.1, 0.15) is 12.8 Å². The third-order valence-electron chi connectivity index (χ3n) is 2.74. The van der Waals surface area contributed by atoms with E-state index in [2.05, 4.69) is 5.32 Å². The Bertz CT molecular complexity index is 468. The summed E-state index contributed by atoms with van der Waals surface area (Å²) in [6.45, 7) is 0.870. The normalized spacial score (nSPS) is 10.2. The third kappa shape index (κ3) is 4.64. The zero-order valence-corrected chi connectivity index (χ0v) is 10.9. The van der Waals surface area contributed by atoms with Gasteiger partial charge in [0.15, 0.2) is 0 Å². The fraction of sp³-hybridized carbons (Fsp3) is 0.250. The molecule has 0 spiro atoms. The minimum absolute atomic E-state index is 0.225. The molecule has 2 N–H and O–H groups in total. The number of rotatable bonds is 7. The Balaban J connectivity index is 1.84. The van der Waals surface area contributed by atoms with Crippen molar-refractivity contribution in [3.05, 3.63) is 54.6 Å². The Morgan fingerprint density at radius 3 is 2.21 bits per heavy atom. The Labute approximate surface area is 113 Å². The van der Waals surface area contributed by atoms with Gasteiger partial charge in [-0.1, -0.05) is 18.2 Å². The summed E-state index contributed by atoms with van der Waals surface area (Å²) in [6, 6.07) is 17.9. The highest BCUT2D eigenvalue weighted by atomic mass is 16.5. The van der Waals surface area contributed by atoms with Crippen molar-refractivity contribution in [2.24, 2.45) is 0 Å². The van der Waals surface area contributed by atoms with E-state index in [0.29, 0.717) is 6.61 Å². The molecule has 0 aromatic heterocycles. The molecule has 0 amide bonds. The van der Waals surface area contributed by atoms with Gasteiger partial charge in [-0.05, 0) is 49.2 Å². The first-order chi connectivity index (χ1) is 9.38. The second kappa shape index (κ2) is 7.44. The number of nitrogens with one attached hydrogen (secondary N) is 1. The van der Waals surface area contributed by atoms with Gasteiger partial charge in [0.2, 0.25) is 0 Å². The number of aliphatic hydroxyl groups excluding tert-OH is 1. The van der Waals surface area contributed by atoms with Gasteiger partial charge in [0.1, 0.15) is 5.75 Å². The zero-order valence-electron chi connectivity index (χ0n) is 10.9. The number of hydrogen-bond acceptors (Lipinski definition) is 3. The highest BCUT2D eigenvalue weighted by Gasteiger charge is 1.96. The molecule has 0 bridgehead atoms. The molecule has 0 aliphatic rings. The van der Waals surface area contributed by atoms with Crippen LogP contribution in [0, 0.1) is 0 Å². The van der Waals surface area contributed by atoms with Crippen molar-refractivity contribution in [1.29, 1.82) is 0 Å². The van der Waals surface area contributed by atoms with Gasteiger partial charge < -0.3 is 15.2 Å². The van der Waals surface area contributed by atoms with E-state index in [1.54, 1.807) is 0 Å². The topological polar surface area (TPSA) is 41.5 Å². The van der Waals surface area contributed by atoms with E-state index in [1.165, 1.54) is 0 Å². The second-order valence-corrected chi connectivity index (χ2v) is 4.29. The summed E-state index contributed by atoms with van der Waals surface area (Å²) in [5.74, 6) is 0.858. The molecule has 2 rings (SSSR count). The number of ether oxygens (including phenoxy) is 1. The maximum absolute atomic E-state index is 8.68. The Morgan fingerprint density at radius 1 is 0.842 bits per heavy atom. The lowest BCUT2D eigenvalue weighted by Crippen LogP contribution is -1.98. The molecule has 0 fully saturated rings. The molecule has 0 unspecified atom stereocenters. The molecule has 0 radical (unpaired) electrons. The van der Waals surface area contributed by atoms with Gasteiger partial charge in [-0.3, -0.25) is 0 Å². The zero-order chi connectivity index (χ0) is 13.3. The molecule has 0 aliphatic heterocycles. The van der Waals surface area contributed by atoms with Gasteiger partial charge in [0.25, 0.3) is 0 Å². The molecule has 2 aromatic carbocycles. The molecule has 0 saturated carbocycles. The van der Waals surface area contributed by atoms with Gasteiger partial charge in [0, 0.05) is 18.0 Å². The molecule has 100 valence electrons. The van der Waals surface area contributed by atoms with Crippen LogP contribution in [0.25, 0.3) is 0 Å². The predicted octanol–water partition coefficient (Wildman–Crippen LogP) is 3.58. The van der Waals surface area contributed by atoms with Crippen molar-refractivity contribution in [2.45, 2.75) is 12.8 Å². The summed E-state index contributed by atoms with van der Waals surface area (Å²) in [4.78, 5) is 0. The van der Waals surface area contributed by atoms with Gasteiger partial charge in [-0.25, -0.2) is 0 Å². The van der Waals surface area contributed by atoms with Gasteiger partial charge in [0.05, 0.1) is 6.61 Å². The summed E-state index contributed by atoms with van der Waals surface area (Å²) >= 11 is 0. The van der Waals surface area contributed by atoms with Crippen molar-refractivity contribution in [3.8, 4) is 5.75 Å². The highest BCUT2D eigenvalue weighted by Crippen LogP contribution is 2.19. The Morgan fingerprint density at radius 2 is 1.53 bits per heavy atom. The first-order valence-electron chi connectivity index (χ1n) is 6.54. The lowest BCUT2D eigenvalue weighted by molar-refractivity contribution is 0.253. The Hall–Kier alpha value is -2.00. The summed E-state index contributed by atoms with van der Waals surface area (Å²) in [5.41, 5.74) is 2.10. The molecular weight excluding hydrogens is 238 g/mol. The minimum atomic E-state index is 0.225. The van der Waals surface area contributed by atoms with E-state index in [-0.39, 0.29) is 6.61 Å². The summed E-state index contributed by atoms with van der Waals surface area (Å²) in [6.07, 6.45) is 1.66. The molecule has 19 heavy (non-hydrogen) atoms. The third-order valence-corrected chi connectivity index (χ3v) is 2.74. The lowest BCUT2D eigenvalue weighted by atomic mass is 10.2. The van der Waals surface area contributed by atoms with Gasteiger partial charge >= 0.3 is 0 Å². The first-order valence-corrected chi connectivity index (χ1v) is 6.54. The van der Waals surface area contributed by atoms with Crippen LogP contribution in [-0.2, 0) is 0 Å². The number of anilines is 2. The smallest absolute Gasteiger partial charge is 0.119 e. The summed E-state index contributed by atoms with van der Waals surface area (Å²) in [5, 5.41) is 12.0.